The summed E-state index contributed by atoms with van der Waals surface area (Å²) in [6, 6.07) is 43.6. The molecule has 0 spiro atoms. The number of aliphatic hydroxyl groups is 2. The van der Waals surface area contributed by atoms with Gasteiger partial charge in [0.15, 0.2) is 0 Å². The molecule has 0 heterocycles. The van der Waals surface area contributed by atoms with Gasteiger partial charge < -0.3 is 15.0 Å². The van der Waals surface area contributed by atoms with Crippen molar-refractivity contribution in [2.75, 3.05) is 0 Å². The van der Waals surface area contributed by atoms with E-state index < -0.39 is 0 Å². The summed E-state index contributed by atoms with van der Waals surface area (Å²) in [5, 5.41) is 18.3. The van der Waals surface area contributed by atoms with E-state index in [1.54, 1.807) is 13.8 Å². The van der Waals surface area contributed by atoms with Crippen LogP contribution in [-0.2, 0) is 4.79 Å². The molecule has 244 valence electrons. The van der Waals surface area contributed by atoms with Crippen molar-refractivity contribution in [2.24, 2.45) is 0 Å². The summed E-state index contributed by atoms with van der Waals surface area (Å²) >= 11 is 0. The van der Waals surface area contributed by atoms with E-state index >= 15 is 0 Å². The first-order chi connectivity index (χ1) is 21.9. The molecule has 0 saturated carbocycles. The van der Waals surface area contributed by atoms with Gasteiger partial charge in [-0.05, 0) is 83.2 Å². The van der Waals surface area contributed by atoms with Crippen molar-refractivity contribution in [3.05, 3.63) is 177 Å². The van der Waals surface area contributed by atoms with Crippen molar-refractivity contribution >= 4 is 6.29 Å². The third-order valence-electron chi connectivity index (χ3n) is 7.29. The Hall–Kier alpha value is -4.31. The van der Waals surface area contributed by atoms with Crippen LogP contribution in [0.5, 0.6) is 0 Å². The maximum Gasteiger partial charge on any atom is 0.116 e. The number of rotatable bonds is 4. The highest BCUT2D eigenvalue weighted by molar-refractivity contribution is 5.44. The highest BCUT2D eigenvalue weighted by Gasteiger charge is 2.07. The molecule has 0 aromatic heterocycles. The monoisotopic (exact) mass is 618 g/mol. The van der Waals surface area contributed by atoms with Crippen LogP contribution in [0.2, 0.25) is 0 Å². The summed E-state index contributed by atoms with van der Waals surface area (Å²) in [6.07, 6.45) is 0.0572. The number of aliphatic hydroxyl groups excluding tert-OH is 2. The molecule has 46 heavy (non-hydrogen) atoms. The highest BCUT2D eigenvalue weighted by atomic mass is 16.3. The van der Waals surface area contributed by atoms with Crippen molar-refractivity contribution in [3.63, 3.8) is 0 Å². The van der Waals surface area contributed by atoms with E-state index in [2.05, 4.69) is 88.4 Å². The fourth-order valence-electron chi connectivity index (χ4n) is 4.34. The smallest absolute Gasteiger partial charge is 0.116 e. The molecule has 0 aliphatic rings. The third kappa shape index (κ3) is 16.1. The van der Waals surface area contributed by atoms with Crippen LogP contribution in [0, 0.1) is 34.6 Å². The average Bonchev–Trinajstić information content (AvgIpc) is 3.03. The van der Waals surface area contributed by atoms with Gasteiger partial charge in [-0.3, -0.25) is 0 Å². The molecule has 0 saturated heterocycles. The van der Waals surface area contributed by atoms with Crippen LogP contribution in [0.15, 0.2) is 127 Å². The van der Waals surface area contributed by atoms with Crippen molar-refractivity contribution in [2.45, 2.75) is 80.4 Å². The highest BCUT2D eigenvalue weighted by Crippen LogP contribution is 2.24. The van der Waals surface area contributed by atoms with E-state index in [9.17, 15) is 5.11 Å². The first-order valence-corrected chi connectivity index (χ1v) is 15.9. The minimum Gasteiger partial charge on any atom is -0.389 e. The lowest BCUT2D eigenvalue weighted by molar-refractivity contribution is -0.106. The van der Waals surface area contributed by atoms with Crippen molar-refractivity contribution in [3.8, 4) is 0 Å². The van der Waals surface area contributed by atoms with E-state index in [-0.39, 0.29) is 12.2 Å². The Morgan fingerprint density at radius 2 is 0.783 bits per heavy atom. The number of hydrogen-bond acceptors (Lipinski definition) is 3. The minimum absolute atomic E-state index is 0.346. The molecule has 0 amide bonds. The summed E-state index contributed by atoms with van der Waals surface area (Å²) < 4.78 is 0. The molecule has 3 nitrogen and oxygen atoms in total. The zero-order chi connectivity index (χ0) is 34.5. The SMILES string of the molecule is CC=O.Cc1ccc(C(C)O)cc1.Cc1ccc(C(C)c2ccc(C)cc2)cc1.Cc1ccccc1.Cc1ccccc1C(C)O. The van der Waals surface area contributed by atoms with Crippen molar-refractivity contribution in [1.29, 1.82) is 0 Å². The van der Waals surface area contributed by atoms with Gasteiger partial charge in [0.25, 0.3) is 0 Å². The van der Waals surface area contributed by atoms with E-state index in [0.29, 0.717) is 5.92 Å². The maximum atomic E-state index is 9.20. The Morgan fingerprint density at radius 1 is 0.457 bits per heavy atom. The number of carbonyl (C=O) groups excluding carboxylic acids is 1. The van der Waals surface area contributed by atoms with Gasteiger partial charge in [0.05, 0.1) is 12.2 Å². The summed E-state index contributed by atoms with van der Waals surface area (Å²) in [5.74, 6) is 0.473. The fourth-order valence-corrected chi connectivity index (χ4v) is 4.34. The molecule has 2 atom stereocenters. The molecule has 3 heteroatoms. The second kappa shape index (κ2) is 22.2. The van der Waals surface area contributed by atoms with Crippen LogP contribution in [0.4, 0.5) is 0 Å². The molecule has 0 radical (unpaired) electrons. The molecule has 0 fully saturated rings. The fraction of sp³-hybridized carbons (Fsp3) is 0.279. The normalized spacial score (nSPS) is 11.0. The summed E-state index contributed by atoms with van der Waals surface area (Å²) in [6.45, 7) is 17.6. The summed E-state index contributed by atoms with van der Waals surface area (Å²) in [7, 11) is 0. The molecule has 2 unspecified atom stereocenters. The molecule has 0 aliphatic heterocycles. The molecular formula is C43H54O3. The van der Waals surface area contributed by atoms with Crippen molar-refractivity contribution < 1.29 is 15.0 Å². The second-order valence-electron chi connectivity index (χ2n) is 11.6. The van der Waals surface area contributed by atoms with Gasteiger partial charge in [-0.1, -0.05) is 157 Å². The average molecular weight is 619 g/mol. The van der Waals surface area contributed by atoms with E-state index in [4.69, 9.17) is 9.90 Å². The first-order valence-electron chi connectivity index (χ1n) is 15.9. The van der Waals surface area contributed by atoms with Crippen LogP contribution in [0.25, 0.3) is 0 Å². The number of benzene rings is 5. The number of carbonyl (C=O) groups is 1. The minimum atomic E-state index is -0.347. The zero-order valence-electron chi connectivity index (χ0n) is 29.2. The quantitative estimate of drug-likeness (QED) is 0.197. The van der Waals surface area contributed by atoms with Crippen LogP contribution in [0.3, 0.4) is 0 Å². The molecule has 0 bridgehead atoms. The van der Waals surface area contributed by atoms with E-state index in [1.807, 2.05) is 80.6 Å². The van der Waals surface area contributed by atoms with E-state index in [0.717, 1.165) is 23.0 Å². The van der Waals surface area contributed by atoms with Gasteiger partial charge in [0.2, 0.25) is 0 Å². The van der Waals surface area contributed by atoms with Gasteiger partial charge in [0.1, 0.15) is 6.29 Å². The zero-order valence-corrected chi connectivity index (χ0v) is 29.2. The molecule has 5 aromatic rings. The van der Waals surface area contributed by atoms with E-state index in [1.165, 1.54) is 40.3 Å². The van der Waals surface area contributed by atoms with Crippen molar-refractivity contribution in [1.82, 2.24) is 0 Å². The van der Waals surface area contributed by atoms with Crippen LogP contribution < -0.4 is 0 Å². The lowest BCUT2D eigenvalue weighted by atomic mass is 9.92. The number of hydrogen-bond donors (Lipinski definition) is 2. The second-order valence-corrected chi connectivity index (χ2v) is 11.6. The topological polar surface area (TPSA) is 57.5 Å². The predicted octanol–water partition coefficient (Wildman–Crippen LogP) is 10.8. The van der Waals surface area contributed by atoms with Gasteiger partial charge in [-0.2, -0.15) is 0 Å². The molecule has 2 N–H and O–H groups in total. The summed E-state index contributed by atoms with van der Waals surface area (Å²) in [4.78, 5) is 8.81. The van der Waals surface area contributed by atoms with Crippen LogP contribution in [0.1, 0.15) is 95.9 Å². The Balaban J connectivity index is 0.000000310. The molecule has 5 aromatic carbocycles. The van der Waals surface area contributed by atoms with Crippen LogP contribution >= 0.6 is 0 Å². The first kappa shape index (κ1) is 39.7. The number of aldehydes is 1. The van der Waals surface area contributed by atoms with Crippen LogP contribution in [-0.4, -0.2) is 16.5 Å². The van der Waals surface area contributed by atoms with Gasteiger partial charge in [0, 0.05) is 5.92 Å². The molecular weight excluding hydrogens is 564 g/mol. The molecule has 0 aliphatic carbocycles. The Labute approximate surface area is 278 Å². The maximum absolute atomic E-state index is 9.20. The molecule has 5 rings (SSSR count). The summed E-state index contributed by atoms with van der Waals surface area (Å²) in [5.41, 5.74) is 11.1. The lowest BCUT2D eigenvalue weighted by Gasteiger charge is -2.12. The van der Waals surface area contributed by atoms with Gasteiger partial charge >= 0.3 is 0 Å². The third-order valence-corrected chi connectivity index (χ3v) is 7.29. The number of aryl methyl sites for hydroxylation is 5. The lowest BCUT2D eigenvalue weighted by Crippen LogP contribution is -1.95. The Morgan fingerprint density at radius 3 is 1.07 bits per heavy atom. The standard InChI is InChI=1S/C16H18.2C9H12O.C7H8.C2H4O/c1-12-4-8-15(9-5-12)14(3)16-10-6-13(2)7-11-16;1-7-3-5-9(6-4-7)8(2)10;1-7-5-3-4-6-9(7)8(2)10;1-7-5-3-2-4-6-7;1-2-3/h4-11,14H,1-3H3;2*3-6,8,10H,1-2H3;2-6H,1H3;2H,1H3. The Bertz CT molecular complexity index is 1440. The van der Waals surface area contributed by atoms with Gasteiger partial charge in [-0.15, -0.1) is 0 Å². The largest absolute Gasteiger partial charge is 0.389 e. The van der Waals surface area contributed by atoms with Gasteiger partial charge in [-0.25, -0.2) is 0 Å². The Kier molecular flexibility index (Phi) is 19.2. The predicted molar refractivity (Wildman–Crippen MR) is 196 cm³/mol.